The summed E-state index contributed by atoms with van der Waals surface area (Å²) < 4.78 is 13.4. The topological polar surface area (TPSA) is 52.8 Å². The summed E-state index contributed by atoms with van der Waals surface area (Å²) in [5, 5.41) is 0. The van der Waals surface area contributed by atoms with Gasteiger partial charge in [-0.3, -0.25) is 4.79 Å². The standard InChI is InChI=1S/C17H20N2O3S/c1-6-7-19-12-9-13(21-4)14(22-5)10-15(12)23-17(19)18-16(20)8-11(2)3/h1,9-11H,7-8H2,2-5H3. The van der Waals surface area contributed by atoms with Gasteiger partial charge in [-0.15, -0.1) is 6.42 Å². The molecule has 1 aromatic carbocycles. The summed E-state index contributed by atoms with van der Waals surface area (Å²) in [6.45, 7) is 4.32. The predicted molar refractivity (Wildman–Crippen MR) is 91.8 cm³/mol. The van der Waals surface area contributed by atoms with Gasteiger partial charge < -0.3 is 14.0 Å². The molecular formula is C17H20N2O3S. The number of benzene rings is 1. The average Bonchev–Trinajstić information content (AvgIpc) is 2.82. The van der Waals surface area contributed by atoms with E-state index in [1.54, 1.807) is 14.2 Å². The van der Waals surface area contributed by atoms with E-state index in [4.69, 9.17) is 15.9 Å². The molecule has 1 amide bonds. The van der Waals surface area contributed by atoms with Crippen LogP contribution in [0.25, 0.3) is 10.2 Å². The van der Waals surface area contributed by atoms with Crippen LogP contribution in [0, 0.1) is 18.3 Å². The van der Waals surface area contributed by atoms with Crippen LogP contribution in [0.4, 0.5) is 0 Å². The van der Waals surface area contributed by atoms with Crippen LogP contribution in [0.5, 0.6) is 11.5 Å². The number of rotatable bonds is 5. The summed E-state index contributed by atoms with van der Waals surface area (Å²) in [5.41, 5.74) is 0.877. The molecule has 6 heteroatoms. The van der Waals surface area contributed by atoms with Crippen molar-refractivity contribution in [3.63, 3.8) is 0 Å². The number of carbonyl (C=O) groups is 1. The largest absolute Gasteiger partial charge is 0.493 e. The van der Waals surface area contributed by atoms with Crippen molar-refractivity contribution in [3.8, 4) is 23.8 Å². The van der Waals surface area contributed by atoms with Crippen molar-refractivity contribution in [2.45, 2.75) is 26.8 Å². The van der Waals surface area contributed by atoms with Crippen molar-refractivity contribution < 1.29 is 14.3 Å². The van der Waals surface area contributed by atoms with Gasteiger partial charge in [-0.25, -0.2) is 0 Å². The molecule has 0 saturated heterocycles. The van der Waals surface area contributed by atoms with E-state index in [1.807, 2.05) is 30.5 Å². The molecule has 0 bridgehead atoms. The number of hydrogen-bond acceptors (Lipinski definition) is 4. The normalized spacial score (nSPS) is 11.7. The smallest absolute Gasteiger partial charge is 0.248 e. The molecule has 0 atom stereocenters. The number of nitrogens with zero attached hydrogens (tertiary/aromatic N) is 2. The van der Waals surface area contributed by atoms with Gasteiger partial charge in [0.05, 0.1) is 31.0 Å². The number of thiazole rings is 1. The molecule has 1 heterocycles. The van der Waals surface area contributed by atoms with E-state index in [2.05, 4.69) is 10.9 Å². The summed E-state index contributed by atoms with van der Waals surface area (Å²) >= 11 is 1.41. The number of carbonyl (C=O) groups excluding carboxylic acids is 1. The van der Waals surface area contributed by atoms with E-state index in [-0.39, 0.29) is 11.8 Å². The Labute approximate surface area is 139 Å². The first-order valence-corrected chi connectivity index (χ1v) is 8.08. The lowest BCUT2D eigenvalue weighted by Crippen LogP contribution is -2.17. The zero-order valence-electron chi connectivity index (χ0n) is 13.8. The average molecular weight is 332 g/mol. The summed E-state index contributed by atoms with van der Waals surface area (Å²) in [5.74, 6) is 3.98. The number of hydrogen-bond donors (Lipinski definition) is 0. The highest BCUT2D eigenvalue weighted by molar-refractivity contribution is 7.16. The minimum Gasteiger partial charge on any atom is -0.493 e. The second-order valence-corrected chi connectivity index (χ2v) is 6.46. The maximum atomic E-state index is 12.0. The summed E-state index contributed by atoms with van der Waals surface area (Å²) in [6.07, 6.45) is 5.88. The Bertz CT molecular complexity index is 825. The van der Waals surface area contributed by atoms with Crippen LogP contribution < -0.4 is 14.3 Å². The molecule has 1 aromatic heterocycles. The lowest BCUT2D eigenvalue weighted by molar-refractivity contribution is -0.118. The molecule has 2 rings (SSSR count). The molecule has 0 aliphatic rings. The zero-order valence-corrected chi connectivity index (χ0v) is 14.6. The molecule has 23 heavy (non-hydrogen) atoms. The number of fused-ring (bicyclic) bond motifs is 1. The van der Waals surface area contributed by atoms with Gasteiger partial charge in [-0.2, -0.15) is 4.99 Å². The second kappa shape index (κ2) is 7.34. The molecule has 0 N–H and O–H groups in total. The third-order valence-electron chi connectivity index (χ3n) is 3.24. The van der Waals surface area contributed by atoms with Crippen molar-refractivity contribution in [3.05, 3.63) is 16.9 Å². The van der Waals surface area contributed by atoms with Gasteiger partial charge in [0.1, 0.15) is 0 Å². The Morgan fingerprint density at radius 3 is 2.57 bits per heavy atom. The third kappa shape index (κ3) is 3.74. The van der Waals surface area contributed by atoms with E-state index in [0.29, 0.717) is 29.3 Å². The summed E-state index contributed by atoms with van der Waals surface area (Å²) in [4.78, 5) is 16.9. The van der Waals surface area contributed by atoms with Crippen molar-refractivity contribution in [2.75, 3.05) is 14.2 Å². The maximum absolute atomic E-state index is 12.0. The van der Waals surface area contributed by atoms with Gasteiger partial charge in [-0.1, -0.05) is 31.1 Å². The number of methoxy groups -OCH3 is 2. The number of aromatic nitrogens is 1. The van der Waals surface area contributed by atoms with E-state index in [9.17, 15) is 4.79 Å². The first kappa shape index (κ1) is 17.1. The molecule has 0 saturated carbocycles. The van der Waals surface area contributed by atoms with Gasteiger partial charge in [0.15, 0.2) is 16.3 Å². The molecule has 2 aromatic rings. The first-order valence-electron chi connectivity index (χ1n) is 7.26. The minimum absolute atomic E-state index is 0.142. The molecule has 0 radical (unpaired) electrons. The van der Waals surface area contributed by atoms with Crippen molar-refractivity contribution in [2.24, 2.45) is 10.9 Å². The van der Waals surface area contributed by atoms with Crippen LogP contribution in [-0.2, 0) is 11.3 Å². The molecule has 5 nitrogen and oxygen atoms in total. The van der Waals surface area contributed by atoms with Crippen molar-refractivity contribution in [1.82, 2.24) is 4.57 Å². The Morgan fingerprint density at radius 1 is 1.35 bits per heavy atom. The molecule has 0 unspecified atom stereocenters. The first-order chi connectivity index (χ1) is 11.0. The van der Waals surface area contributed by atoms with E-state index >= 15 is 0 Å². The molecule has 0 spiro atoms. The zero-order chi connectivity index (χ0) is 17.0. The fraction of sp³-hybridized carbons (Fsp3) is 0.412. The van der Waals surface area contributed by atoms with Crippen LogP contribution in [0.3, 0.4) is 0 Å². The van der Waals surface area contributed by atoms with Gasteiger partial charge in [0.25, 0.3) is 0 Å². The summed E-state index contributed by atoms with van der Waals surface area (Å²) in [7, 11) is 3.17. The van der Waals surface area contributed by atoms with E-state index in [1.165, 1.54) is 11.3 Å². The Balaban J connectivity index is 2.65. The van der Waals surface area contributed by atoms with Crippen LogP contribution in [0.2, 0.25) is 0 Å². The lowest BCUT2D eigenvalue weighted by Gasteiger charge is -2.08. The Kier molecular flexibility index (Phi) is 5.45. The van der Waals surface area contributed by atoms with Gasteiger partial charge >= 0.3 is 0 Å². The van der Waals surface area contributed by atoms with Gasteiger partial charge in [0.2, 0.25) is 5.91 Å². The SMILES string of the molecule is C#CCn1c(=NC(=O)CC(C)C)sc2cc(OC)c(OC)cc21. The molecule has 0 aliphatic carbocycles. The predicted octanol–water partition coefficient (Wildman–Crippen LogP) is 2.83. The number of terminal acetylenes is 1. The fourth-order valence-electron chi connectivity index (χ4n) is 2.23. The summed E-state index contributed by atoms with van der Waals surface area (Å²) in [6, 6.07) is 3.73. The van der Waals surface area contributed by atoms with E-state index < -0.39 is 0 Å². The van der Waals surface area contributed by atoms with Crippen LogP contribution in [0.1, 0.15) is 20.3 Å². The fourth-order valence-corrected chi connectivity index (χ4v) is 3.28. The van der Waals surface area contributed by atoms with Gasteiger partial charge in [-0.05, 0) is 5.92 Å². The Hall–Kier alpha value is -2.26. The molecule has 0 fully saturated rings. The molecular weight excluding hydrogens is 312 g/mol. The van der Waals surface area contributed by atoms with Crippen LogP contribution in [-0.4, -0.2) is 24.7 Å². The third-order valence-corrected chi connectivity index (χ3v) is 4.28. The molecule has 122 valence electrons. The quantitative estimate of drug-likeness (QED) is 0.791. The van der Waals surface area contributed by atoms with Gasteiger partial charge in [0, 0.05) is 18.6 Å². The Morgan fingerprint density at radius 2 is 2.00 bits per heavy atom. The monoisotopic (exact) mass is 332 g/mol. The van der Waals surface area contributed by atoms with Crippen LogP contribution >= 0.6 is 11.3 Å². The molecule has 0 aliphatic heterocycles. The lowest BCUT2D eigenvalue weighted by atomic mass is 10.1. The van der Waals surface area contributed by atoms with Crippen molar-refractivity contribution >= 4 is 27.5 Å². The maximum Gasteiger partial charge on any atom is 0.248 e. The highest BCUT2D eigenvalue weighted by atomic mass is 32.1. The highest BCUT2D eigenvalue weighted by Gasteiger charge is 2.13. The number of amides is 1. The van der Waals surface area contributed by atoms with Crippen LogP contribution in [0.15, 0.2) is 17.1 Å². The van der Waals surface area contributed by atoms with E-state index in [0.717, 1.165) is 10.2 Å². The van der Waals surface area contributed by atoms with Crippen molar-refractivity contribution in [1.29, 1.82) is 0 Å². The second-order valence-electron chi connectivity index (χ2n) is 5.45. The number of ether oxygens (including phenoxy) is 2. The minimum atomic E-state index is -0.142. The highest BCUT2D eigenvalue weighted by Crippen LogP contribution is 2.33.